The van der Waals surface area contributed by atoms with E-state index in [1.165, 1.54) is 11.1 Å². The molecule has 0 spiro atoms. The molecule has 6 nitrogen and oxygen atoms in total. The molecule has 0 aliphatic heterocycles. The third kappa shape index (κ3) is 5.61. The summed E-state index contributed by atoms with van der Waals surface area (Å²) < 4.78 is 7.49. The first-order valence-corrected chi connectivity index (χ1v) is 9.49. The van der Waals surface area contributed by atoms with Gasteiger partial charge in [-0.25, -0.2) is 0 Å². The van der Waals surface area contributed by atoms with E-state index < -0.39 is 0 Å². The summed E-state index contributed by atoms with van der Waals surface area (Å²) in [6.45, 7) is 4.77. The fourth-order valence-electron chi connectivity index (χ4n) is 2.95. The lowest BCUT2D eigenvalue weighted by Gasteiger charge is -2.15. The first-order chi connectivity index (χ1) is 13.8. The number of benzene rings is 2. The molecule has 0 atom stereocenters. The maximum atomic E-state index is 5.56. The topological polar surface area (TPSA) is 63.5 Å². The molecule has 1 heterocycles. The zero-order valence-corrected chi connectivity index (χ0v) is 16.4. The highest BCUT2D eigenvalue weighted by molar-refractivity contribution is 5.79. The summed E-state index contributed by atoms with van der Waals surface area (Å²) in [7, 11) is 1.78. The molecule has 0 saturated carbocycles. The molecular formula is C22H27N5O. The lowest BCUT2D eigenvalue weighted by Crippen LogP contribution is -2.36. The Bertz CT molecular complexity index is 889. The van der Waals surface area contributed by atoms with Gasteiger partial charge in [0, 0.05) is 32.5 Å². The van der Waals surface area contributed by atoms with Crippen LogP contribution in [-0.2, 0) is 19.6 Å². The predicted octanol–water partition coefficient (Wildman–Crippen LogP) is 3.20. The van der Waals surface area contributed by atoms with Gasteiger partial charge in [0.1, 0.15) is 5.75 Å². The minimum atomic E-state index is 0.665. The van der Waals surface area contributed by atoms with Crippen LogP contribution in [0.1, 0.15) is 23.6 Å². The van der Waals surface area contributed by atoms with E-state index in [0.29, 0.717) is 19.7 Å². The van der Waals surface area contributed by atoms with Gasteiger partial charge in [-0.05, 0) is 41.8 Å². The van der Waals surface area contributed by atoms with E-state index in [1.54, 1.807) is 13.2 Å². The molecule has 2 N–H and O–H groups in total. The smallest absolute Gasteiger partial charge is 0.191 e. The van der Waals surface area contributed by atoms with E-state index in [9.17, 15) is 0 Å². The van der Waals surface area contributed by atoms with E-state index in [2.05, 4.69) is 51.1 Å². The van der Waals surface area contributed by atoms with Crippen LogP contribution in [0.25, 0.3) is 0 Å². The molecule has 2 aromatic carbocycles. The van der Waals surface area contributed by atoms with Gasteiger partial charge in [-0.1, -0.05) is 36.4 Å². The average molecular weight is 377 g/mol. The highest BCUT2D eigenvalue weighted by atomic mass is 16.5. The minimum Gasteiger partial charge on any atom is -0.494 e. The van der Waals surface area contributed by atoms with Crippen molar-refractivity contribution in [3.05, 3.63) is 83.7 Å². The number of rotatable bonds is 8. The Kier molecular flexibility index (Phi) is 7.07. The summed E-state index contributed by atoms with van der Waals surface area (Å²) in [5.41, 5.74) is 3.60. The normalized spacial score (nSPS) is 11.3. The van der Waals surface area contributed by atoms with Crippen molar-refractivity contribution in [1.29, 1.82) is 0 Å². The van der Waals surface area contributed by atoms with Crippen molar-refractivity contribution < 1.29 is 4.74 Å². The van der Waals surface area contributed by atoms with E-state index in [1.807, 2.05) is 42.1 Å². The van der Waals surface area contributed by atoms with Crippen molar-refractivity contribution in [2.24, 2.45) is 4.99 Å². The average Bonchev–Trinajstić information content (AvgIpc) is 3.23. The monoisotopic (exact) mass is 377 g/mol. The number of guanidine groups is 1. The van der Waals surface area contributed by atoms with Crippen LogP contribution in [0.15, 0.2) is 72.0 Å². The van der Waals surface area contributed by atoms with Crippen LogP contribution in [-0.4, -0.2) is 29.4 Å². The summed E-state index contributed by atoms with van der Waals surface area (Å²) in [6.07, 6.45) is 3.77. The Balaban J connectivity index is 1.57. The van der Waals surface area contributed by atoms with E-state index in [-0.39, 0.29) is 0 Å². The summed E-state index contributed by atoms with van der Waals surface area (Å²) >= 11 is 0. The largest absolute Gasteiger partial charge is 0.494 e. The Hall–Kier alpha value is -3.28. The second kappa shape index (κ2) is 10.2. The standard InChI is InChI=1S/C22H27N5O/c1-3-28-21-11-6-8-18(14-21)15-24-22(23-2)25-16-19-9-4-5-10-20(19)17-27-13-7-12-26-27/h4-14H,3,15-17H2,1-2H3,(H2,23,24,25). The number of hydrogen-bond donors (Lipinski definition) is 2. The number of hydrogen-bond acceptors (Lipinski definition) is 3. The molecule has 0 bridgehead atoms. The summed E-state index contributed by atoms with van der Waals surface area (Å²) in [4.78, 5) is 4.33. The van der Waals surface area contributed by atoms with Gasteiger partial charge in [-0.3, -0.25) is 9.67 Å². The number of nitrogens with one attached hydrogen (secondary N) is 2. The lowest BCUT2D eigenvalue weighted by atomic mass is 10.1. The zero-order chi connectivity index (χ0) is 19.6. The fourth-order valence-corrected chi connectivity index (χ4v) is 2.95. The van der Waals surface area contributed by atoms with E-state index >= 15 is 0 Å². The van der Waals surface area contributed by atoms with Gasteiger partial charge in [0.05, 0.1) is 13.2 Å². The molecule has 3 rings (SSSR count). The maximum Gasteiger partial charge on any atom is 0.191 e. The molecule has 6 heteroatoms. The molecule has 0 fully saturated rings. The molecule has 146 valence electrons. The number of nitrogens with zero attached hydrogens (tertiary/aromatic N) is 3. The second-order valence-corrected chi connectivity index (χ2v) is 6.33. The molecule has 1 aromatic heterocycles. The third-order valence-corrected chi connectivity index (χ3v) is 4.35. The van der Waals surface area contributed by atoms with Gasteiger partial charge >= 0.3 is 0 Å². The van der Waals surface area contributed by atoms with Crippen LogP contribution < -0.4 is 15.4 Å². The SMILES string of the molecule is CCOc1cccc(CNC(=NC)NCc2ccccc2Cn2cccn2)c1. The zero-order valence-electron chi connectivity index (χ0n) is 16.4. The van der Waals surface area contributed by atoms with Gasteiger partial charge < -0.3 is 15.4 Å². The molecule has 28 heavy (non-hydrogen) atoms. The van der Waals surface area contributed by atoms with Crippen molar-refractivity contribution in [3.8, 4) is 5.75 Å². The first kappa shape index (κ1) is 19.5. The van der Waals surface area contributed by atoms with Crippen molar-refractivity contribution in [3.63, 3.8) is 0 Å². The Morgan fingerprint density at radius 3 is 2.61 bits per heavy atom. The van der Waals surface area contributed by atoms with Crippen LogP contribution in [0.2, 0.25) is 0 Å². The third-order valence-electron chi connectivity index (χ3n) is 4.35. The van der Waals surface area contributed by atoms with Gasteiger partial charge in [-0.2, -0.15) is 5.10 Å². The molecule has 0 unspecified atom stereocenters. The number of ether oxygens (including phenoxy) is 1. The molecule has 3 aromatic rings. The highest BCUT2D eigenvalue weighted by Crippen LogP contribution is 2.13. The molecular weight excluding hydrogens is 350 g/mol. The highest BCUT2D eigenvalue weighted by Gasteiger charge is 2.05. The summed E-state index contributed by atoms with van der Waals surface area (Å²) in [5.74, 6) is 1.65. The lowest BCUT2D eigenvalue weighted by molar-refractivity contribution is 0.340. The predicted molar refractivity (Wildman–Crippen MR) is 112 cm³/mol. The minimum absolute atomic E-state index is 0.665. The number of aliphatic imine (C=N–C) groups is 1. The molecule has 0 amide bonds. The van der Waals surface area contributed by atoms with Crippen molar-refractivity contribution in [1.82, 2.24) is 20.4 Å². The molecule has 0 aliphatic rings. The van der Waals surface area contributed by atoms with Gasteiger partial charge in [0.25, 0.3) is 0 Å². The van der Waals surface area contributed by atoms with Crippen molar-refractivity contribution in [2.75, 3.05) is 13.7 Å². The number of aromatic nitrogens is 2. The van der Waals surface area contributed by atoms with E-state index in [0.717, 1.165) is 23.8 Å². The van der Waals surface area contributed by atoms with Gasteiger partial charge in [-0.15, -0.1) is 0 Å². The van der Waals surface area contributed by atoms with Crippen LogP contribution in [0.3, 0.4) is 0 Å². The van der Waals surface area contributed by atoms with E-state index in [4.69, 9.17) is 4.74 Å². The fraction of sp³-hybridized carbons (Fsp3) is 0.273. The first-order valence-electron chi connectivity index (χ1n) is 9.49. The van der Waals surface area contributed by atoms with Gasteiger partial charge in [0.2, 0.25) is 0 Å². The Morgan fingerprint density at radius 1 is 1.04 bits per heavy atom. The Labute approximate surface area is 166 Å². The molecule has 0 saturated heterocycles. The quantitative estimate of drug-likeness (QED) is 0.467. The van der Waals surface area contributed by atoms with Crippen LogP contribution in [0.4, 0.5) is 0 Å². The van der Waals surface area contributed by atoms with Crippen molar-refractivity contribution in [2.45, 2.75) is 26.6 Å². The van der Waals surface area contributed by atoms with Gasteiger partial charge in [0.15, 0.2) is 5.96 Å². The second-order valence-electron chi connectivity index (χ2n) is 6.33. The molecule has 0 aliphatic carbocycles. The van der Waals surface area contributed by atoms with Crippen LogP contribution in [0.5, 0.6) is 5.75 Å². The summed E-state index contributed by atoms with van der Waals surface area (Å²) in [6, 6.07) is 18.4. The van der Waals surface area contributed by atoms with Crippen LogP contribution >= 0.6 is 0 Å². The maximum absolute atomic E-state index is 5.56. The van der Waals surface area contributed by atoms with Crippen LogP contribution in [0, 0.1) is 0 Å². The molecule has 0 radical (unpaired) electrons. The van der Waals surface area contributed by atoms with Crippen molar-refractivity contribution >= 4 is 5.96 Å². The summed E-state index contributed by atoms with van der Waals surface area (Å²) in [5, 5.41) is 11.0. The Morgan fingerprint density at radius 2 is 1.86 bits per heavy atom.